The summed E-state index contributed by atoms with van der Waals surface area (Å²) in [6, 6.07) is 2.19. The van der Waals surface area contributed by atoms with Crippen LogP contribution in [0.2, 0.25) is 15.2 Å². The number of halogens is 6. The Morgan fingerprint density at radius 3 is 2.33 bits per heavy atom. The lowest BCUT2D eigenvalue weighted by Gasteiger charge is -2.19. The molecule has 0 radical (unpaired) electrons. The van der Waals surface area contributed by atoms with Crippen LogP contribution in [0.15, 0.2) is 12.1 Å². The summed E-state index contributed by atoms with van der Waals surface area (Å²) >= 11 is 18.0. The molecule has 1 aliphatic heterocycles. The number of nitrogens with zero attached hydrogens (tertiary/aromatic N) is 1. The molecule has 1 aliphatic rings. The number of Topliss-reactive ketones (excluding diaryl/α,β-unsaturated/α-hetero) is 1. The lowest BCUT2D eigenvalue weighted by Crippen LogP contribution is -2.34. The summed E-state index contributed by atoms with van der Waals surface area (Å²) in [6.07, 6.45) is -11.2. The number of carbonyl (C=O) groups is 2. The highest BCUT2D eigenvalue weighted by molar-refractivity contribution is 6.43. The van der Waals surface area contributed by atoms with Gasteiger partial charge in [-0.15, -0.1) is 0 Å². The van der Waals surface area contributed by atoms with E-state index in [0.717, 1.165) is 23.6 Å². The van der Waals surface area contributed by atoms with Gasteiger partial charge in [0.15, 0.2) is 6.23 Å². The van der Waals surface area contributed by atoms with Gasteiger partial charge in [-0.05, 0) is 12.1 Å². The third-order valence-corrected chi connectivity index (χ3v) is 5.61. The molecular weight excluding hydrogens is 478 g/mol. The standard InChI is InChI=1S/C17H13Cl3F3NO6/c1-5(25)29-4-10-12(26)13(27)16(30-10)24-9-3-8(19)7(18)2-6(9)11(15(24)20)14(28)17(21,22)23/h2-3,10,12-13,16,26-27H,4H2,1H3/t10-,12-,13-,16-/m1/s1. The Kier molecular flexibility index (Phi) is 6.30. The fraction of sp³-hybridized carbons (Fsp3) is 0.412. The molecule has 1 saturated heterocycles. The van der Waals surface area contributed by atoms with Gasteiger partial charge in [-0.25, -0.2) is 0 Å². The molecule has 0 aliphatic carbocycles. The fourth-order valence-corrected chi connectivity index (χ4v) is 3.86. The zero-order valence-corrected chi connectivity index (χ0v) is 17.2. The van der Waals surface area contributed by atoms with E-state index in [1.165, 1.54) is 0 Å². The van der Waals surface area contributed by atoms with Gasteiger partial charge in [0.2, 0.25) is 0 Å². The van der Waals surface area contributed by atoms with Gasteiger partial charge in [0.05, 0.1) is 21.1 Å². The van der Waals surface area contributed by atoms with Crippen LogP contribution < -0.4 is 0 Å². The average molecular weight is 491 g/mol. The molecule has 7 nitrogen and oxygen atoms in total. The lowest BCUT2D eigenvalue weighted by atomic mass is 10.1. The van der Waals surface area contributed by atoms with Crippen molar-refractivity contribution in [3.8, 4) is 0 Å². The number of rotatable bonds is 4. The van der Waals surface area contributed by atoms with Crippen molar-refractivity contribution in [2.45, 2.75) is 37.6 Å². The van der Waals surface area contributed by atoms with Gasteiger partial charge in [0, 0.05) is 12.3 Å². The summed E-state index contributed by atoms with van der Waals surface area (Å²) in [5.74, 6) is -2.91. The number of aliphatic hydroxyl groups is 2. The van der Waals surface area contributed by atoms with Crippen molar-refractivity contribution < 1.29 is 42.4 Å². The van der Waals surface area contributed by atoms with Crippen LogP contribution in [-0.4, -0.2) is 57.6 Å². The van der Waals surface area contributed by atoms with E-state index in [9.17, 15) is 33.0 Å². The number of aromatic nitrogens is 1. The number of esters is 1. The molecule has 0 unspecified atom stereocenters. The SMILES string of the molecule is CC(=O)OC[C@H]1O[C@@H](n2c(Cl)c(C(=O)C(F)(F)F)c3cc(Cl)c(Cl)cc32)[C@H](O)[C@@H]1O. The number of hydrogen-bond acceptors (Lipinski definition) is 6. The maximum absolute atomic E-state index is 13.1. The van der Waals surface area contributed by atoms with Crippen LogP contribution in [0, 0.1) is 0 Å². The molecule has 2 heterocycles. The van der Waals surface area contributed by atoms with Crippen LogP contribution >= 0.6 is 34.8 Å². The van der Waals surface area contributed by atoms with Crippen molar-refractivity contribution in [1.29, 1.82) is 0 Å². The summed E-state index contributed by atoms with van der Waals surface area (Å²) in [7, 11) is 0. The smallest absolute Gasteiger partial charge is 0.455 e. The van der Waals surface area contributed by atoms with Gasteiger partial charge >= 0.3 is 12.1 Å². The van der Waals surface area contributed by atoms with E-state index in [1.54, 1.807) is 0 Å². The van der Waals surface area contributed by atoms with Gasteiger partial charge in [0.25, 0.3) is 5.78 Å². The Morgan fingerprint density at radius 1 is 1.17 bits per heavy atom. The molecule has 1 aromatic heterocycles. The van der Waals surface area contributed by atoms with Gasteiger partial charge < -0.3 is 24.3 Å². The fourth-order valence-electron chi connectivity index (χ4n) is 3.16. The second-order valence-corrected chi connectivity index (χ2v) is 7.67. The lowest BCUT2D eigenvalue weighted by molar-refractivity contribution is -0.147. The molecule has 0 bridgehead atoms. The van der Waals surface area contributed by atoms with Crippen molar-refractivity contribution in [2.75, 3.05) is 6.61 Å². The molecule has 13 heteroatoms. The molecule has 4 atom stereocenters. The monoisotopic (exact) mass is 489 g/mol. The highest BCUT2D eigenvalue weighted by atomic mass is 35.5. The van der Waals surface area contributed by atoms with Crippen LogP contribution in [0.5, 0.6) is 0 Å². The quantitative estimate of drug-likeness (QED) is 0.503. The molecule has 0 amide bonds. The van der Waals surface area contributed by atoms with Gasteiger partial charge in [-0.3, -0.25) is 9.59 Å². The van der Waals surface area contributed by atoms with Gasteiger partial charge in [-0.1, -0.05) is 34.8 Å². The van der Waals surface area contributed by atoms with E-state index in [-0.39, 0.29) is 20.9 Å². The normalized spacial score (nSPS) is 24.4. The predicted octanol–water partition coefficient (Wildman–Crippen LogP) is 3.53. The Labute approximate surface area is 181 Å². The molecule has 3 rings (SSSR count). The number of benzene rings is 1. The van der Waals surface area contributed by atoms with E-state index in [1.807, 2.05) is 0 Å². The highest BCUT2D eigenvalue weighted by Crippen LogP contribution is 2.43. The Balaban J connectivity index is 2.17. The number of hydrogen-bond donors (Lipinski definition) is 2. The van der Waals surface area contributed by atoms with Crippen LogP contribution in [0.1, 0.15) is 23.5 Å². The summed E-state index contributed by atoms with van der Waals surface area (Å²) in [6.45, 7) is 0.689. The Morgan fingerprint density at radius 2 is 1.77 bits per heavy atom. The van der Waals surface area contributed by atoms with Gasteiger partial charge in [-0.2, -0.15) is 13.2 Å². The van der Waals surface area contributed by atoms with E-state index in [2.05, 4.69) is 0 Å². The van der Waals surface area contributed by atoms with E-state index < -0.39 is 59.8 Å². The van der Waals surface area contributed by atoms with Crippen LogP contribution in [0.3, 0.4) is 0 Å². The molecule has 1 aromatic carbocycles. The van der Waals surface area contributed by atoms with Crippen molar-refractivity contribution in [1.82, 2.24) is 4.57 Å². The zero-order chi connectivity index (χ0) is 22.5. The number of ketones is 1. The third-order valence-electron chi connectivity index (χ3n) is 4.51. The number of ether oxygens (including phenoxy) is 2. The topological polar surface area (TPSA) is 98.0 Å². The van der Waals surface area contributed by atoms with Crippen LogP contribution in [0.4, 0.5) is 13.2 Å². The Bertz CT molecular complexity index is 1020. The average Bonchev–Trinajstić information content (AvgIpc) is 3.06. The minimum absolute atomic E-state index is 0.0601. The first-order chi connectivity index (χ1) is 13.8. The molecule has 164 valence electrons. The summed E-state index contributed by atoms with van der Waals surface area (Å²) < 4.78 is 50.6. The summed E-state index contributed by atoms with van der Waals surface area (Å²) in [5, 5.41) is 19.4. The minimum Gasteiger partial charge on any atom is -0.463 e. The van der Waals surface area contributed by atoms with E-state index in [0.29, 0.717) is 0 Å². The summed E-state index contributed by atoms with van der Waals surface area (Å²) in [5.41, 5.74) is -1.00. The molecule has 2 N–H and O–H groups in total. The zero-order valence-electron chi connectivity index (χ0n) is 14.9. The van der Waals surface area contributed by atoms with Gasteiger partial charge in [0.1, 0.15) is 30.1 Å². The van der Waals surface area contributed by atoms with Crippen LogP contribution in [0.25, 0.3) is 10.9 Å². The molecule has 30 heavy (non-hydrogen) atoms. The first-order valence-corrected chi connectivity index (χ1v) is 9.42. The predicted molar refractivity (Wildman–Crippen MR) is 99.9 cm³/mol. The third kappa shape index (κ3) is 4.00. The maximum Gasteiger partial charge on any atom is 0.455 e. The maximum atomic E-state index is 13.1. The summed E-state index contributed by atoms with van der Waals surface area (Å²) in [4.78, 5) is 23.0. The van der Waals surface area contributed by atoms with Crippen molar-refractivity contribution in [3.63, 3.8) is 0 Å². The van der Waals surface area contributed by atoms with Crippen molar-refractivity contribution in [2.24, 2.45) is 0 Å². The van der Waals surface area contributed by atoms with Crippen molar-refractivity contribution in [3.05, 3.63) is 32.9 Å². The number of carbonyl (C=O) groups excluding carboxylic acids is 2. The highest BCUT2D eigenvalue weighted by Gasteiger charge is 2.48. The largest absolute Gasteiger partial charge is 0.463 e. The first kappa shape index (κ1) is 23.1. The first-order valence-electron chi connectivity index (χ1n) is 8.29. The molecule has 1 fully saturated rings. The Hall–Kier alpha value is -1.56. The van der Waals surface area contributed by atoms with E-state index in [4.69, 9.17) is 44.3 Å². The van der Waals surface area contributed by atoms with Crippen molar-refractivity contribution >= 4 is 57.5 Å². The molecule has 2 aromatic rings. The molecule has 0 spiro atoms. The number of fused-ring (bicyclic) bond motifs is 1. The molecule has 0 saturated carbocycles. The number of alkyl halides is 3. The van der Waals surface area contributed by atoms with Crippen LogP contribution in [-0.2, 0) is 14.3 Å². The van der Waals surface area contributed by atoms with E-state index >= 15 is 0 Å². The second-order valence-electron chi connectivity index (χ2n) is 6.50. The molecular formula is C17H13Cl3F3NO6. The second kappa shape index (κ2) is 8.18. The number of aliphatic hydroxyl groups excluding tert-OH is 2. The minimum atomic E-state index is -5.25.